The number of likely N-dealkylation sites (tertiary alicyclic amines) is 1. The SMILES string of the molecule is CC(Oc1cccnc1)C(=O)N1CC(c2ccccc2)C2COCCC21. The summed E-state index contributed by atoms with van der Waals surface area (Å²) in [6.07, 6.45) is 3.69. The van der Waals surface area contributed by atoms with Crippen LogP contribution in [0.2, 0.25) is 0 Å². The number of nitrogens with zero attached hydrogens (tertiary/aromatic N) is 2. The van der Waals surface area contributed by atoms with Crippen LogP contribution in [0.5, 0.6) is 5.75 Å². The molecule has 2 fully saturated rings. The van der Waals surface area contributed by atoms with Crippen molar-refractivity contribution in [3.63, 3.8) is 0 Å². The summed E-state index contributed by atoms with van der Waals surface area (Å²) in [5.74, 6) is 1.33. The second-order valence-electron chi connectivity index (χ2n) is 7.05. The lowest BCUT2D eigenvalue weighted by Crippen LogP contribution is -2.46. The number of hydrogen-bond donors (Lipinski definition) is 0. The Labute approximate surface area is 153 Å². The van der Waals surface area contributed by atoms with Gasteiger partial charge in [0.2, 0.25) is 0 Å². The molecule has 2 aliphatic rings. The van der Waals surface area contributed by atoms with Gasteiger partial charge in [-0.1, -0.05) is 30.3 Å². The minimum absolute atomic E-state index is 0.0455. The van der Waals surface area contributed by atoms with Crippen molar-refractivity contribution >= 4 is 5.91 Å². The molecule has 4 unspecified atom stereocenters. The molecule has 1 aromatic carbocycles. The summed E-state index contributed by atoms with van der Waals surface area (Å²) in [6.45, 7) is 3.97. The number of aromatic nitrogens is 1. The van der Waals surface area contributed by atoms with Crippen LogP contribution in [0.4, 0.5) is 0 Å². The zero-order valence-corrected chi connectivity index (χ0v) is 15.0. The molecular formula is C21H24N2O3. The first kappa shape index (κ1) is 17.0. The highest BCUT2D eigenvalue weighted by Crippen LogP contribution is 2.41. The quantitative estimate of drug-likeness (QED) is 0.849. The van der Waals surface area contributed by atoms with Gasteiger partial charge in [-0.05, 0) is 31.0 Å². The lowest BCUT2D eigenvalue weighted by molar-refractivity contribution is -0.140. The van der Waals surface area contributed by atoms with Crippen LogP contribution in [0.3, 0.4) is 0 Å². The number of fused-ring (bicyclic) bond motifs is 1. The minimum atomic E-state index is -0.530. The van der Waals surface area contributed by atoms with Gasteiger partial charge in [0, 0.05) is 37.2 Å². The molecule has 2 aliphatic heterocycles. The molecule has 0 N–H and O–H groups in total. The second kappa shape index (κ2) is 7.46. The molecule has 1 amide bonds. The lowest BCUT2D eigenvalue weighted by atomic mass is 9.84. The maximum absolute atomic E-state index is 13.1. The van der Waals surface area contributed by atoms with Crippen molar-refractivity contribution in [3.05, 3.63) is 60.4 Å². The van der Waals surface area contributed by atoms with Crippen LogP contribution in [-0.4, -0.2) is 47.7 Å². The summed E-state index contributed by atoms with van der Waals surface area (Å²) >= 11 is 0. The maximum atomic E-state index is 13.1. The summed E-state index contributed by atoms with van der Waals surface area (Å²) in [5.41, 5.74) is 1.28. The van der Waals surface area contributed by atoms with Gasteiger partial charge in [0.25, 0.3) is 5.91 Å². The monoisotopic (exact) mass is 352 g/mol. The molecule has 0 saturated carbocycles. The van der Waals surface area contributed by atoms with E-state index >= 15 is 0 Å². The van der Waals surface area contributed by atoms with Crippen molar-refractivity contribution in [2.24, 2.45) is 5.92 Å². The zero-order chi connectivity index (χ0) is 17.9. The van der Waals surface area contributed by atoms with E-state index in [9.17, 15) is 4.79 Å². The highest BCUT2D eigenvalue weighted by Gasteiger charge is 2.46. The number of benzene rings is 1. The lowest BCUT2D eigenvalue weighted by Gasteiger charge is -2.33. The number of hydrogen-bond acceptors (Lipinski definition) is 4. The molecule has 4 atom stereocenters. The van der Waals surface area contributed by atoms with E-state index in [0.29, 0.717) is 30.8 Å². The minimum Gasteiger partial charge on any atom is -0.479 e. The second-order valence-corrected chi connectivity index (χ2v) is 7.05. The van der Waals surface area contributed by atoms with Gasteiger partial charge in [0.1, 0.15) is 5.75 Å². The summed E-state index contributed by atoms with van der Waals surface area (Å²) in [5, 5.41) is 0. The van der Waals surface area contributed by atoms with E-state index < -0.39 is 6.10 Å². The first-order chi connectivity index (χ1) is 12.7. The largest absolute Gasteiger partial charge is 0.479 e. The van der Waals surface area contributed by atoms with Gasteiger partial charge < -0.3 is 14.4 Å². The van der Waals surface area contributed by atoms with E-state index in [-0.39, 0.29) is 11.9 Å². The highest BCUT2D eigenvalue weighted by molar-refractivity contribution is 5.81. The van der Waals surface area contributed by atoms with Crippen molar-refractivity contribution in [3.8, 4) is 5.75 Å². The Morgan fingerprint density at radius 1 is 1.27 bits per heavy atom. The van der Waals surface area contributed by atoms with E-state index in [2.05, 4.69) is 29.2 Å². The summed E-state index contributed by atoms with van der Waals surface area (Å²) in [4.78, 5) is 19.2. The number of amides is 1. The van der Waals surface area contributed by atoms with Crippen LogP contribution in [-0.2, 0) is 9.53 Å². The molecule has 5 heteroatoms. The number of carbonyl (C=O) groups excluding carboxylic acids is 1. The normalized spacial score (nSPS) is 26.2. The predicted molar refractivity (Wildman–Crippen MR) is 97.9 cm³/mol. The number of rotatable bonds is 4. The molecule has 26 heavy (non-hydrogen) atoms. The molecule has 136 valence electrons. The summed E-state index contributed by atoms with van der Waals surface area (Å²) in [6, 6.07) is 14.3. The van der Waals surface area contributed by atoms with E-state index in [1.165, 1.54) is 5.56 Å². The molecule has 1 aromatic heterocycles. The molecule has 2 saturated heterocycles. The van der Waals surface area contributed by atoms with Gasteiger partial charge in [-0.2, -0.15) is 0 Å². The molecule has 4 rings (SSSR count). The topological polar surface area (TPSA) is 51.7 Å². The third-order valence-electron chi connectivity index (χ3n) is 5.48. The third-order valence-corrected chi connectivity index (χ3v) is 5.48. The number of pyridine rings is 1. The van der Waals surface area contributed by atoms with Crippen molar-refractivity contribution in [1.29, 1.82) is 0 Å². The van der Waals surface area contributed by atoms with Crippen molar-refractivity contribution in [1.82, 2.24) is 9.88 Å². The van der Waals surface area contributed by atoms with Gasteiger partial charge >= 0.3 is 0 Å². The Hall–Kier alpha value is -2.40. The fourth-order valence-electron chi connectivity index (χ4n) is 4.21. The van der Waals surface area contributed by atoms with Crippen LogP contribution < -0.4 is 4.74 Å². The van der Waals surface area contributed by atoms with Gasteiger partial charge in [0.05, 0.1) is 12.8 Å². The van der Waals surface area contributed by atoms with Gasteiger partial charge in [-0.15, -0.1) is 0 Å². The Kier molecular flexibility index (Phi) is 4.89. The van der Waals surface area contributed by atoms with Crippen LogP contribution in [0.25, 0.3) is 0 Å². The predicted octanol–water partition coefficient (Wildman–Crippen LogP) is 2.88. The molecule has 0 spiro atoms. The molecule has 0 radical (unpaired) electrons. The van der Waals surface area contributed by atoms with Crippen LogP contribution in [0, 0.1) is 5.92 Å². The van der Waals surface area contributed by atoms with E-state index in [4.69, 9.17) is 9.47 Å². The fourth-order valence-corrected chi connectivity index (χ4v) is 4.21. The summed E-state index contributed by atoms with van der Waals surface area (Å²) < 4.78 is 11.6. The third kappa shape index (κ3) is 3.31. The molecule has 0 aliphatic carbocycles. The van der Waals surface area contributed by atoms with Crippen LogP contribution in [0.1, 0.15) is 24.8 Å². The first-order valence-electron chi connectivity index (χ1n) is 9.24. The average Bonchev–Trinajstić information content (AvgIpc) is 3.08. The number of carbonyl (C=O) groups is 1. The molecule has 5 nitrogen and oxygen atoms in total. The van der Waals surface area contributed by atoms with Gasteiger partial charge in [-0.25, -0.2) is 0 Å². The first-order valence-corrected chi connectivity index (χ1v) is 9.24. The maximum Gasteiger partial charge on any atom is 0.263 e. The highest BCUT2D eigenvalue weighted by atomic mass is 16.5. The molecule has 3 heterocycles. The Morgan fingerprint density at radius 2 is 2.12 bits per heavy atom. The van der Waals surface area contributed by atoms with Crippen LogP contribution in [0.15, 0.2) is 54.9 Å². The summed E-state index contributed by atoms with van der Waals surface area (Å²) in [7, 11) is 0. The van der Waals surface area contributed by atoms with E-state index in [0.717, 1.165) is 13.0 Å². The molecule has 0 bridgehead atoms. The standard InChI is InChI=1S/C21H24N2O3/c1-15(26-17-8-5-10-22-12-17)21(24)23-13-18(16-6-3-2-4-7-16)19-14-25-11-9-20(19)23/h2-8,10,12,15,18-20H,9,11,13-14H2,1H3. The Morgan fingerprint density at radius 3 is 2.88 bits per heavy atom. The van der Waals surface area contributed by atoms with Crippen LogP contribution >= 0.6 is 0 Å². The van der Waals surface area contributed by atoms with Crippen molar-refractivity contribution in [2.45, 2.75) is 31.4 Å². The van der Waals surface area contributed by atoms with Gasteiger partial charge in [-0.3, -0.25) is 9.78 Å². The van der Waals surface area contributed by atoms with Gasteiger partial charge in [0.15, 0.2) is 6.10 Å². The fraction of sp³-hybridized carbons (Fsp3) is 0.429. The smallest absolute Gasteiger partial charge is 0.263 e. The Bertz CT molecular complexity index is 737. The van der Waals surface area contributed by atoms with Crippen molar-refractivity contribution < 1.29 is 14.3 Å². The van der Waals surface area contributed by atoms with Crippen molar-refractivity contribution in [2.75, 3.05) is 19.8 Å². The average molecular weight is 352 g/mol. The number of ether oxygens (including phenoxy) is 2. The molecular weight excluding hydrogens is 328 g/mol. The Balaban J connectivity index is 1.52. The molecule has 2 aromatic rings. The zero-order valence-electron chi connectivity index (χ0n) is 15.0. The van der Waals surface area contributed by atoms with E-state index in [1.54, 1.807) is 12.4 Å². The van der Waals surface area contributed by atoms with E-state index in [1.807, 2.05) is 30.0 Å².